The molecule has 1 atom stereocenters. The molecule has 2 aromatic rings. The maximum Gasteiger partial charge on any atom is 1.00 e. The van der Waals surface area contributed by atoms with Crippen LogP contribution in [-0.2, 0) is 14.2 Å². The van der Waals surface area contributed by atoms with Gasteiger partial charge < -0.3 is 29.8 Å². The van der Waals surface area contributed by atoms with E-state index in [1.54, 1.807) is 33.5 Å². The first-order chi connectivity index (χ1) is 15.9. The van der Waals surface area contributed by atoms with E-state index < -0.39 is 0 Å². The summed E-state index contributed by atoms with van der Waals surface area (Å²) in [6.07, 6.45) is 0. The summed E-state index contributed by atoms with van der Waals surface area (Å²) in [5, 5.41) is 0.700. The zero-order valence-electron chi connectivity index (χ0n) is 22.4. The molecule has 2 rings (SSSR count). The van der Waals surface area contributed by atoms with Crippen molar-refractivity contribution in [3.8, 4) is 17.2 Å². The van der Waals surface area contributed by atoms with Crippen LogP contribution in [0.2, 0.25) is 0 Å². The number of methoxy groups -OCH3 is 3. The van der Waals surface area contributed by atoms with Crippen molar-refractivity contribution in [2.45, 2.75) is 20.8 Å². The van der Waals surface area contributed by atoms with E-state index in [4.69, 9.17) is 28.4 Å². The molecule has 0 saturated carbocycles. The van der Waals surface area contributed by atoms with Crippen LogP contribution < -0.4 is 38.4 Å². The quantitative estimate of drug-likeness (QED) is 0.211. The molecular formula is C25H36LiO7P. The Kier molecular flexibility index (Phi) is 14.5. The first-order valence-electron chi connectivity index (χ1n) is 10.8. The maximum absolute atomic E-state index is 13.4. The van der Waals surface area contributed by atoms with Gasteiger partial charge in [-0.2, -0.15) is 0 Å². The second kappa shape index (κ2) is 16.2. The topological polar surface area (TPSA) is 72.5 Å². The van der Waals surface area contributed by atoms with Crippen LogP contribution in [0.4, 0.5) is 0 Å². The minimum atomic E-state index is -0.185. The van der Waals surface area contributed by atoms with E-state index in [1.165, 1.54) is 0 Å². The van der Waals surface area contributed by atoms with E-state index in [2.05, 4.69) is 0 Å². The molecule has 0 aliphatic carbocycles. The molecule has 0 saturated heterocycles. The van der Waals surface area contributed by atoms with Gasteiger partial charge in [-0.3, -0.25) is 4.79 Å². The van der Waals surface area contributed by atoms with Crippen LogP contribution in [0.25, 0.3) is 0 Å². The van der Waals surface area contributed by atoms with Gasteiger partial charge in [0.1, 0.15) is 37.1 Å². The van der Waals surface area contributed by atoms with Gasteiger partial charge in [-0.15, -0.1) is 0 Å². The summed E-state index contributed by atoms with van der Waals surface area (Å²) in [5.74, 6) is 1.67. The number of ether oxygens (including phenoxy) is 6. The Bertz CT molecular complexity index is 873. The number of carbonyl (C=O) groups is 1. The van der Waals surface area contributed by atoms with E-state index in [1.807, 2.05) is 32.9 Å². The number of benzene rings is 2. The van der Waals surface area contributed by atoms with Gasteiger partial charge >= 0.3 is 18.9 Å². The molecule has 7 nitrogen and oxygen atoms in total. The summed E-state index contributed by atoms with van der Waals surface area (Å²) in [6, 6.07) is 7.64. The molecule has 0 heterocycles. The van der Waals surface area contributed by atoms with Gasteiger partial charge in [0.15, 0.2) is 5.52 Å². The van der Waals surface area contributed by atoms with E-state index >= 15 is 0 Å². The van der Waals surface area contributed by atoms with Crippen LogP contribution in [0, 0.1) is 20.8 Å². The van der Waals surface area contributed by atoms with Crippen molar-refractivity contribution in [2.24, 2.45) is 0 Å². The van der Waals surface area contributed by atoms with Gasteiger partial charge in [0.25, 0.3) is 0 Å². The Morgan fingerprint density at radius 3 is 1.62 bits per heavy atom. The Labute approximate surface area is 218 Å². The third-order valence-corrected chi connectivity index (χ3v) is 6.05. The van der Waals surface area contributed by atoms with Crippen LogP contribution in [0.15, 0.2) is 24.3 Å². The monoisotopic (exact) mass is 486 g/mol. The second-order valence-electron chi connectivity index (χ2n) is 7.55. The van der Waals surface area contributed by atoms with Gasteiger partial charge in [-0.25, -0.2) is 0 Å². The molecule has 0 spiro atoms. The molecule has 2 aromatic carbocycles. The predicted molar refractivity (Wildman–Crippen MR) is 133 cm³/mol. The Morgan fingerprint density at radius 1 is 0.735 bits per heavy atom. The fourth-order valence-electron chi connectivity index (χ4n) is 3.43. The Hall–Kier alpha value is -1.58. The molecule has 0 aromatic heterocycles. The molecule has 34 heavy (non-hydrogen) atoms. The molecule has 0 radical (unpaired) electrons. The minimum absolute atomic E-state index is 0. The number of rotatable bonds is 15. The molecule has 0 N–H and O–H groups in total. The van der Waals surface area contributed by atoms with E-state index in [9.17, 15) is 4.79 Å². The molecular weight excluding hydrogens is 450 g/mol. The van der Waals surface area contributed by atoms with Gasteiger partial charge in [-0.1, -0.05) is 17.7 Å². The SMILES string of the molecule is COCCOc1cc(OCCOC)c(PC(=O)c2c(C)cc(C)cc2C)c(OCCOC)c1.[H-].[Li+]. The van der Waals surface area contributed by atoms with E-state index in [0.717, 1.165) is 22.3 Å². The van der Waals surface area contributed by atoms with Gasteiger partial charge in [0.2, 0.25) is 0 Å². The largest absolute Gasteiger partial charge is 1.00 e. The molecule has 0 bridgehead atoms. The summed E-state index contributed by atoms with van der Waals surface area (Å²) in [4.78, 5) is 13.4. The van der Waals surface area contributed by atoms with Crippen LogP contribution in [0.1, 0.15) is 28.5 Å². The van der Waals surface area contributed by atoms with Crippen LogP contribution in [0.5, 0.6) is 17.2 Å². The maximum atomic E-state index is 13.4. The third-order valence-electron chi connectivity index (χ3n) is 4.83. The minimum Gasteiger partial charge on any atom is -1.00 e. The second-order valence-corrected chi connectivity index (χ2v) is 8.75. The molecule has 1 unspecified atom stereocenters. The summed E-state index contributed by atoms with van der Waals surface area (Å²) < 4.78 is 33.1. The smallest absolute Gasteiger partial charge is 1.00 e. The van der Waals surface area contributed by atoms with Crippen molar-refractivity contribution in [3.05, 3.63) is 46.5 Å². The summed E-state index contributed by atoms with van der Waals surface area (Å²) in [5.41, 5.74) is 3.84. The van der Waals surface area contributed by atoms with Crippen molar-refractivity contribution in [1.29, 1.82) is 0 Å². The summed E-state index contributed by atoms with van der Waals surface area (Å²) >= 11 is 0. The zero-order valence-corrected chi connectivity index (χ0v) is 22.4. The third kappa shape index (κ3) is 9.22. The number of hydrogen-bond donors (Lipinski definition) is 0. The van der Waals surface area contributed by atoms with Crippen molar-refractivity contribution >= 4 is 19.4 Å². The fourth-order valence-corrected chi connectivity index (χ4v) is 4.71. The Morgan fingerprint density at radius 2 is 1.18 bits per heavy atom. The molecule has 184 valence electrons. The molecule has 9 heteroatoms. The van der Waals surface area contributed by atoms with Crippen molar-refractivity contribution in [2.75, 3.05) is 61.0 Å². The average Bonchev–Trinajstić information content (AvgIpc) is 2.75. The fraction of sp³-hybridized carbons (Fsp3) is 0.480. The average molecular weight is 486 g/mol. The van der Waals surface area contributed by atoms with Crippen LogP contribution in [0.3, 0.4) is 0 Å². The van der Waals surface area contributed by atoms with Gasteiger partial charge in [0, 0.05) is 39.0 Å². The predicted octanol–water partition coefficient (Wildman–Crippen LogP) is 0.948. The van der Waals surface area contributed by atoms with Gasteiger partial charge in [0.05, 0.1) is 25.1 Å². The zero-order chi connectivity index (χ0) is 24.2. The van der Waals surface area contributed by atoms with Gasteiger partial charge in [-0.05, 0) is 40.5 Å². The van der Waals surface area contributed by atoms with Crippen LogP contribution in [-0.4, -0.2) is 66.5 Å². The summed E-state index contributed by atoms with van der Waals surface area (Å²) in [6.45, 7) is 8.31. The van der Waals surface area contributed by atoms with E-state index in [0.29, 0.717) is 62.2 Å². The van der Waals surface area contributed by atoms with Crippen molar-refractivity contribution in [1.82, 2.24) is 0 Å². The number of carbonyl (C=O) groups excluding carboxylic acids is 1. The standard InChI is InChI=1S/C25H35O7P.Li.H/c1-17-13-18(2)23(19(3)14-17)25(26)33-24-21(31-11-8-28-5)15-20(30-10-7-27-4)16-22(24)32-12-9-29-6;;/h13-16,33H,7-12H2,1-6H3;;/q;+1;-1. The van der Waals surface area contributed by atoms with E-state index in [-0.39, 0.29) is 34.4 Å². The molecule has 0 aliphatic rings. The van der Waals surface area contributed by atoms with Crippen molar-refractivity contribution in [3.63, 3.8) is 0 Å². The number of aryl methyl sites for hydroxylation is 3. The molecule has 0 aliphatic heterocycles. The number of hydrogen-bond acceptors (Lipinski definition) is 7. The normalized spacial score (nSPS) is 10.9. The van der Waals surface area contributed by atoms with Crippen molar-refractivity contribution < 1.29 is 53.5 Å². The molecule has 0 amide bonds. The first kappa shape index (κ1) is 30.4. The summed E-state index contributed by atoms with van der Waals surface area (Å²) in [7, 11) is 4.66. The first-order valence-corrected chi connectivity index (χ1v) is 11.8. The molecule has 0 fully saturated rings. The Balaban J connectivity index is 0.00000578. The van der Waals surface area contributed by atoms with Crippen LogP contribution >= 0.6 is 8.58 Å².